The molecule has 19 heavy (non-hydrogen) atoms. The molecule has 0 fully saturated rings. The number of anilines is 2. The second-order valence-corrected chi connectivity index (χ2v) is 5.13. The van der Waals surface area contributed by atoms with Gasteiger partial charge in [0.05, 0.1) is 17.6 Å². The highest BCUT2D eigenvalue weighted by Gasteiger charge is 2.07. The summed E-state index contributed by atoms with van der Waals surface area (Å²) in [4.78, 5) is 6.54. The summed E-state index contributed by atoms with van der Waals surface area (Å²) in [5, 5.41) is 0. The maximum Gasteiger partial charge on any atom is 0.0594 e. The SMILES string of the molecule is Cc1cc(C)cc(N(C)c2ccc(C(C)N)nc2)c1. The van der Waals surface area contributed by atoms with Crippen LogP contribution in [0.1, 0.15) is 29.8 Å². The van der Waals surface area contributed by atoms with Crippen LogP contribution in [0.25, 0.3) is 0 Å². The zero-order valence-electron chi connectivity index (χ0n) is 12.0. The quantitative estimate of drug-likeness (QED) is 0.913. The zero-order chi connectivity index (χ0) is 14.0. The standard InChI is InChI=1S/C16H21N3/c1-11-7-12(2)9-15(8-11)19(4)14-5-6-16(13(3)17)18-10-14/h5-10,13H,17H2,1-4H3. The first-order chi connectivity index (χ1) is 8.97. The van der Waals surface area contributed by atoms with E-state index in [1.165, 1.54) is 16.8 Å². The number of aryl methyl sites for hydroxylation is 2. The number of nitrogens with zero attached hydrogens (tertiary/aromatic N) is 2. The molecule has 0 aliphatic rings. The summed E-state index contributed by atoms with van der Waals surface area (Å²) in [6.45, 7) is 6.17. The van der Waals surface area contributed by atoms with Crippen molar-refractivity contribution in [3.05, 3.63) is 53.3 Å². The third-order valence-electron chi connectivity index (χ3n) is 3.22. The van der Waals surface area contributed by atoms with E-state index in [1.54, 1.807) is 0 Å². The molecule has 1 heterocycles. The Balaban J connectivity index is 2.30. The fraction of sp³-hybridized carbons (Fsp3) is 0.312. The number of benzene rings is 1. The number of hydrogen-bond donors (Lipinski definition) is 1. The van der Waals surface area contributed by atoms with Crippen molar-refractivity contribution in [2.24, 2.45) is 5.73 Å². The molecule has 0 amide bonds. The van der Waals surface area contributed by atoms with Gasteiger partial charge in [-0.3, -0.25) is 4.98 Å². The third kappa shape index (κ3) is 3.12. The summed E-state index contributed by atoms with van der Waals surface area (Å²) < 4.78 is 0. The number of hydrogen-bond acceptors (Lipinski definition) is 3. The van der Waals surface area contributed by atoms with E-state index < -0.39 is 0 Å². The molecule has 3 heteroatoms. The van der Waals surface area contributed by atoms with Crippen LogP contribution in [-0.4, -0.2) is 12.0 Å². The summed E-state index contributed by atoms with van der Waals surface area (Å²) in [6.07, 6.45) is 1.87. The first-order valence-corrected chi connectivity index (χ1v) is 6.51. The van der Waals surface area contributed by atoms with Gasteiger partial charge in [0.15, 0.2) is 0 Å². The van der Waals surface area contributed by atoms with Crippen LogP contribution in [0.3, 0.4) is 0 Å². The van der Waals surface area contributed by atoms with Gasteiger partial charge in [0.25, 0.3) is 0 Å². The van der Waals surface area contributed by atoms with Crippen molar-refractivity contribution < 1.29 is 0 Å². The van der Waals surface area contributed by atoms with E-state index >= 15 is 0 Å². The largest absolute Gasteiger partial charge is 0.343 e. The number of nitrogens with two attached hydrogens (primary N) is 1. The van der Waals surface area contributed by atoms with E-state index in [-0.39, 0.29) is 6.04 Å². The highest BCUT2D eigenvalue weighted by atomic mass is 15.1. The minimum absolute atomic E-state index is 0.0272. The van der Waals surface area contributed by atoms with Crippen molar-refractivity contribution in [3.8, 4) is 0 Å². The minimum atomic E-state index is -0.0272. The van der Waals surface area contributed by atoms with Crippen LogP contribution in [-0.2, 0) is 0 Å². The lowest BCUT2D eigenvalue weighted by atomic mass is 10.1. The molecular formula is C16H21N3. The van der Waals surface area contributed by atoms with Crippen LogP contribution < -0.4 is 10.6 Å². The molecule has 0 radical (unpaired) electrons. The van der Waals surface area contributed by atoms with E-state index in [9.17, 15) is 0 Å². The molecule has 1 atom stereocenters. The molecule has 1 unspecified atom stereocenters. The number of pyridine rings is 1. The van der Waals surface area contributed by atoms with E-state index in [1.807, 2.05) is 19.2 Å². The Morgan fingerprint density at radius 2 is 1.68 bits per heavy atom. The summed E-state index contributed by atoms with van der Waals surface area (Å²) in [7, 11) is 2.05. The fourth-order valence-electron chi connectivity index (χ4n) is 2.16. The first-order valence-electron chi connectivity index (χ1n) is 6.51. The van der Waals surface area contributed by atoms with Crippen LogP contribution in [0.5, 0.6) is 0 Å². The Morgan fingerprint density at radius 1 is 1.05 bits per heavy atom. The summed E-state index contributed by atoms with van der Waals surface area (Å²) in [5.74, 6) is 0. The van der Waals surface area contributed by atoms with E-state index in [4.69, 9.17) is 5.73 Å². The second-order valence-electron chi connectivity index (χ2n) is 5.13. The van der Waals surface area contributed by atoms with Gasteiger partial charge in [-0.1, -0.05) is 6.07 Å². The average molecular weight is 255 g/mol. The van der Waals surface area contributed by atoms with Crippen LogP contribution in [0.2, 0.25) is 0 Å². The zero-order valence-corrected chi connectivity index (χ0v) is 12.0. The Labute approximate surface area is 115 Å². The molecule has 0 spiro atoms. The van der Waals surface area contributed by atoms with Gasteiger partial charge in [-0.15, -0.1) is 0 Å². The van der Waals surface area contributed by atoms with Crippen molar-refractivity contribution in [2.75, 3.05) is 11.9 Å². The van der Waals surface area contributed by atoms with E-state index in [0.717, 1.165) is 11.4 Å². The van der Waals surface area contributed by atoms with Crippen LogP contribution >= 0.6 is 0 Å². The molecule has 0 bridgehead atoms. The van der Waals surface area contributed by atoms with Crippen molar-refractivity contribution in [1.82, 2.24) is 4.98 Å². The van der Waals surface area contributed by atoms with Gasteiger partial charge in [0.1, 0.15) is 0 Å². The lowest BCUT2D eigenvalue weighted by Crippen LogP contribution is -2.12. The smallest absolute Gasteiger partial charge is 0.0594 e. The molecule has 0 aliphatic carbocycles. The molecule has 1 aromatic carbocycles. The maximum atomic E-state index is 5.81. The van der Waals surface area contributed by atoms with Gasteiger partial charge in [0, 0.05) is 18.8 Å². The Kier molecular flexibility index (Phi) is 3.86. The maximum absolute atomic E-state index is 5.81. The van der Waals surface area contributed by atoms with Crippen molar-refractivity contribution in [1.29, 1.82) is 0 Å². The Bertz CT molecular complexity index is 538. The molecule has 3 nitrogen and oxygen atoms in total. The van der Waals surface area contributed by atoms with Gasteiger partial charge in [-0.05, 0) is 56.2 Å². The molecule has 0 aliphatic heterocycles. The van der Waals surface area contributed by atoms with Gasteiger partial charge >= 0.3 is 0 Å². The summed E-state index contributed by atoms with van der Waals surface area (Å²) in [5.41, 5.74) is 11.5. The molecule has 2 aromatic rings. The third-order valence-corrected chi connectivity index (χ3v) is 3.22. The lowest BCUT2D eigenvalue weighted by molar-refractivity contribution is 0.781. The first kappa shape index (κ1) is 13.6. The summed E-state index contributed by atoms with van der Waals surface area (Å²) >= 11 is 0. The highest BCUT2D eigenvalue weighted by Crippen LogP contribution is 2.25. The van der Waals surface area contributed by atoms with Crippen LogP contribution in [0.4, 0.5) is 11.4 Å². The molecule has 0 saturated carbocycles. The van der Waals surface area contributed by atoms with Gasteiger partial charge in [-0.25, -0.2) is 0 Å². The fourth-order valence-corrected chi connectivity index (χ4v) is 2.16. The Morgan fingerprint density at radius 3 is 2.16 bits per heavy atom. The van der Waals surface area contributed by atoms with Gasteiger partial charge in [-0.2, -0.15) is 0 Å². The van der Waals surface area contributed by atoms with Crippen molar-refractivity contribution >= 4 is 11.4 Å². The highest BCUT2D eigenvalue weighted by molar-refractivity contribution is 5.63. The molecule has 100 valence electrons. The monoisotopic (exact) mass is 255 g/mol. The minimum Gasteiger partial charge on any atom is -0.343 e. The predicted octanol–water partition coefficient (Wildman–Crippen LogP) is 3.49. The molecule has 0 saturated heterocycles. The normalized spacial score (nSPS) is 12.3. The van der Waals surface area contributed by atoms with Crippen LogP contribution in [0.15, 0.2) is 36.5 Å². The van der Waals surface area contributed by atoms with Crippen molar-refractivity contribution in [3.63, 3.8) is 0 Å². The van der Waals surface area contributed by atoms with Gasteiger partial charge in [0.2, 0.25) is 0 Å². The number of aromatic nitrogens is 1. The summed E-state index contributed by atoms with van der Waals surface area (Å²) in [6, 6.07) is 10.5. The lowest BCUT2D eigenvalue weighted by Gasteiger charge is -2.20. The average Bonchev–Trinajstić information content (AvgIpc) is 2.37. The number of rotatable bonds is 3. The van der Waals surface area contributed by atoms with Gasteiger partial charge < -0.3 is 10.6 Å². The Hall–Kier alpha value is -1.87. The molecular weight excluding hydrogens is 234 g/mol. The van der Waals surface area contributed by atoms with E-state index in [2.05, 4.69) is 55.0 Å². The van der Waals surface area contributed by atoms with Crippen LogP contribution in [0, 0.1) is 13.8 Å². The predicted molar refractivity (Wildman–Crippen MR) is 80.8 cm³/mol. The molecule has 2 rings (SSSR count). The van der Waals surface area contributed by atoms with Crippen molar-refractivity contribution in [2.45, 2.75) is 26.8 Å². The van der Waals surface area contributed by atoms with E-state index in [0.29, 0.717) is 0 Å². The topological polar surface area (TPSA) is 42.1 Å². The molecule has 1 aromatic heterocycles. The second kappa shape index (κ2) is 5.41. The molecule has 2 N–H and O–H groups in total.